The van der Waals surface area contributed by atoms with Crippen molar-refractivity contribution in [3.8, 4) is 0 Å². The Balaban J connectivity index is 1.96. The Morgan fingerprint density at radius 3 is 2.55 bits per heavy atom. The lowest BCUT2D eigenvalue weighted by Crippen LogP contribution is -2.60. The van der Waals surface area contributed by atoms with Crippen LogP contribution in [0.4, 0.5) is 0 Å². The molecular formula is C14H24N4OS. The Hall–Kier alpha value is -1.01. The molecule has 0 aromatic carbocycles. The van der Waals surface area contributed by atoms with Crippen molar-refractivity contribution in [1.29, 1.82) is 0 Å². The standard InChI is InChI=1S/C14H24N4OS/c1-9-6-10(2)18(16-9)11-7-17(8-11)13(19)12(15)14(3,4)20-5/h6,11-12H,7-8,15H2,1-5H3/t12-/m1/s1. The molecule has 2 rings (SSSR count). The minimum atomic E-state index is -0.459. The van der Waals surface area contributed by atoms with E-state index in [1.807, 2.05) is 43.5 Å². The summed E-state index contributed by atoms with van der Waals surface area (Å²) in [5, 5.41) is 4.48. The van der Waals surface area contributed by atoms with Crippen LogP contribution in [0.15, 0.2) is 6.07 Å². The molecule has 0 aliphatic carbocycles. The van der Waals surface area contributed by atoms with Gasteiger partial charge in [-0.25, -0.2) is 0 Å². The van der Waals surface area contributed by atoms with Crippen LogP contribution in [0.3, 0.4) is 0 Å². The molecule has 0 saturated carbocycles. The zero-order valence-corrected chi connectivity index (χ0v) is 13.7. The number of hydrogen-bond acceptors (Lipinski definition) is 4. The molecule has 0 radical (unpaired) electrons. The second-order valence-corrected chi connectivity index (χ2v) is 7.51. The summed E-state index contributed by atoms with van der Waals surface area (Å²) in [4.78, 5) is 14.2. The van der Waals surface area contributed by atoms with Gasteiger partial charge in [0.15, 0.2) is 0 Å². The lowest BCUT2D eigenvalue weighted by atomic mass is 9.99. The van der Waals surface area contributed by atoms with E-state index in [0.717, 1.165) is 11.4 Å². The molecule has 0 bridgehead atoms. The largest absolute Gasteiger partial charge is 0.337 e. The number of hydrogen-bond donors (Lipinski definition) is 1. The van der Waals surface area contributed by atoms with E-state index in [4.69, 9.17) is 5.73 Å². The minimum Gasteiger partial charge on any atom is -0.337 e. The van der Waals surface area contributed by atoms with Gasteiger partial charge >= 0.3 is 0 Å². The maximum atomic E-state index is 12.4. The molecule has 1 saturated heterocycles. The first-order chi connectivity index (χ1) is 9.26. The number of carbonyl (C=O) groups is 1. The van der Waals surface area contributed by atoms with Crippen molar-refractivity contribution in [2.75, 3.05) is 19.3 Å². The van der Waals surface area contributed by atoms with Gasteiger partial charge in [-0.1, -0.05) is 0 Å². The van der Waals surface area contributed by atoms with Gasteiger partial charge in [-0.3, -0.25) is 9.48 Å². The number of nitrogens with zero attached hydrogens (tertiary/aromatic N) is 3. The Bertz CT molecular complexity index is 505. The minimum absolute atomic E-state index is 0.0436. The number of aromatic nitrogens is 2. The third-order valence-electron chi connectivity index (χ3n) is 4.11. The van der Waals surface area contributed by atoms with Crippen molar-refractivity contribution in [2.45, 2.75) is 44.5 Å². The van der Waals surface area contributed by atoms with E-state index in [2.05, 4.69) is 11.2 Å². The number of carbonyl (C=O) groups excluding carboxylic acids is 1. The van der Waals surface area contributed by atoms with Crippen molar-refractivity contribution >= 4 is 17.7 Å². The van der Waals surface area contributed by atoms with Crippen LogP contribution in [0, 0.1) is 13.8 Å². The number of nitrogens with two attached hydrogens (primary N) is 1. The molecule has 2 N–H and O–H groups in total. The van der Waals surface area contributed by atoms with Gasteiger partial charge in [0.2, 0.25) is 5.91 Å². The molecule has 20 heavy (non-hydrogen) atoms. The van der Waals surface area contributed by atoms with Gasteiger partial charge in [0.05, 0.1) is 17.8 Å². The van der Waals surface area contributed by atoms with Crippen molar-refractivity contribution in [3.63, 3.8) is 0 Å². The van der Waals surface area contributed by atoms with Crippen molar-refractivity contribution in [1.82, 2.24) is 14.7 Å². The summed E-state index contributed by atoms with van der Waals surface area (Å²) in [6, 6.07) is 1.89. The quantitative estimate of drug-likeness (QED) is 0.911. The third-order valence-corrected chi connectivity index (χ3v) is 5.41. The summed E-state index contributed by atoms with van der Waals surface area (Å²) in [6.45, 7) is 9.48. The molecule has 1 aromatic rings. The first-order valence-electron chi connectivity index (χ1n) is 6.88. The van der Waals surface area contributed by atoms with E-state index < -0.39 is 6.04 Å². The highest BCUT2D eigenvalue weighted by atomic mass is 32.2. The zero-order chi connectivity index (χ0) is 15.1. The summed E-state index contributed by atoms with van der Waals surface area (Å²) in [7, 11) is 0. The van der Waals surface area contributed by atoms with Crippen LogP contribution in [-0.4, -0.2) is 50.7 Å². The summed E-state index contributed by atoms with van der Waals surface area (Å²) in [6.07, 6.45) is 1.99. The molecule has 0 spiro atoms. The van der Waals surface area contributed by atoms with E-state index in [0.29, 0.717) is 13.1 Å². The van der Waals surface area contributed by atoms with Gasteiger partial charge in [-0.15, -0.1) is 0 Å². The molecule has 2 heterocycles. The first kappa shape index (κ1) is 15.4. The Labute approximate surface area is 124 Å². The summed E-state index contributed by atoms with van der Waals surface area (Å²) in [5.41, 5.74) is 8.27. The first-order valence-corrected chi connectivity index (χ1v) is 8.11. The van der Waals surface area contributed by atoms with Crippen molar-refractivity contribution in [3.05, 3.63) is 17.5 Å². The molecular weight excluding hydrogens is 272 g/mol. The van der Waals surface area contributed by atoms with Crippen LogP contribution in [0.5, 0.6) is 0 Å². The number of thioether (sulfide) groups is 1. The van der Waals surface area contributed by atoms with E-state index in [9.17, 15) is 4.79 Å². The Morgan fingerprint density at radius 2 is 2.10 bits per heavy atom. The Kier molecular flexibility index (Phi) is 4.16. The van der Waals surface area contributed by atoms with Gasteiger partial charge in [-0.05, 0) is 40.0 Å². The second kappa shape index (κ2) is 5.41. The SMILES string of the molecule is CSC(C)(C)[C@H](N)C(=O)N1CC(n2nc(C)cc2C)C1. The molecule has 1 aliphatic heterocycles. The van der Waals surface area contributed by atoms with Gasteiger partial charge in [-0.2, -0.15) is 16.9 Å². The molecule has 1 aliphatic rings. The fraction of sp³-hybridized carbons (Fsp3) is 0.714. The number of likely N-dealkylation sites (tertiary alicyclic amines) is 1. The van der Waals surface area contributed by atoms with E-state index in [1.54, 1.807) is 11.8 Å². The lowest BCUT2D eigenvalue weighted by Gasteiger charge is -2.43. The molecule has 0 unspecified atom stereocenters. The summed E-state index contributed by atoms with van der Waals surface area (Å²) in [5.74, 6) is 0.0436. The monoisotopic (exact) mass is 296 g/mol. The van der Waals surface area contributed by atoms with Gasteiger partial charge < -0.3 is 10.6 Å². The average Bonchev–Trinajstić information content (AvgIpc) is 2.65. The fourth-order valence-corrected chi connectivity index (χ4v) is 2.78. The predicted octanol–water partition coefficient (Wildman–Crippen LogP) is 1.35. The van der Waals surface area contributed by atoms with Gasteiger partial charge in [0, 0.05) is 23.5 Å². The molecule has 1 fully saturated rings. The summed E-state index contributed by atoms with van der Waals surface area (Å²) < 4.78 is 1.78. The summed E-state index contributed by atoms with van der Waals surface area (Å²) >= 11 is 1.63. The maximum absolute atomic E-state index is 12.4. The molecule has 1 atom stereocenters. The van der Waals surface area contributed by atoms with Crippen LogP contribution < -0.4 is 5.73 Å². The molecule has 1 amide bonds. The number of rotatable bonds is 4. The van der Waals surface area contributed by atoms with Crippen molar-refractivity contribution in [2.24, 2.45) is 5.73 Å². The topological polar surface area (TPSA) is 64.2 Å². The highest BCUT2D eigenvalue weighted by molar-refractivity contribution is 8.00. The molecule has 1 aromatic heterocycles. The molecule has 6 heteroatoms. The lowest BCUT2D eigenvalue weighted by molar-refractivity contribution is -0.139. The highest BCUT2D eigenvalue weighted by Gasteiger charge is 2.40. The predicted molar refractivity (Wildman–Crippen MR) is 82.9 cm³/mol. The van der Waals surface area contributed by atoms with Crippen LogP contribution >= 0.6 is 11.8 Å². The van der Waals surface area contributed by atoms with Gasteiger partial charge in [0.25, 0.3) is 0 Å². The van der Waals surface area contributed by atoms with Crippen LogP contribution in [0.25, 0.3) is 0 Å². The molecule has 5 nitrogen and oxygen atoms in total. The molecule has 112 valence electrons. The van der Waals surface area contributed by atoms with E-state index in [1.165, 1.54) is 0 Å². The Morgan fingerprint density at radius 1 is 1.50 bits per heavy atom. The highest BCUT2D eigenvalue weighted by Crippen LogP contribution is 2.29. The normalized spacial score (nSPS) is 18.0. The smallest absolute Gasteiger partial charge is 0.241 e. The fourth-order valence-electron chi connectivity index (χ4n) is 2.43. The maximum Gasteiger partial charge on any atom is 0.241 e. The third kappa shape index (κ3) is 2.72. The van der Waals surface area contributed by atoms with Crippen LogP contribution in [0.1, 0.15) is 31.3 Å². The number of aryl methyl sites for hydroxylation is 2. The zero-order valence-electron chi connectivity index (χ0n) is 12.9. The van der Waals surface area contributed by atoms with Gasteiger partial charge in [0.1, 0.15) is 0 Å². The number of amides is 1. The van der Waals surface area contributed by atoms with Crippen LogP contribution in [-0.2, 0) is 4.79 Å². The average molecular weight is 296 g/mol. The van der Waals surface area contributed by atoms with Crippen molar-refractivity contribution < 1.29 is 4.79 Å². The second-order valence-electron chi connectivity index (χ2n) is 6.05. The van der Waals surface area contributed by atoms with E-state index >= 15 is 0 Å². The van der Waals surface area contributed by atoms with Crippen LogP contribution in [0.2, 0.25) is 0 Å². The van der Waals surface area contributed by atoms with E-state index in [-0.39, 0.29) is 16.7 Å².